The fourth-order valence-electron chi connectivity index (χ4n) is 6.27. The van der Waals surface area contributed by atoms with Gasteiger partial charge in [0.15, 0.2) is 5.69 Å². The zero-order valence-corrected chi connectivity index (χ0v) is 26.6. The Bertz CT molecular complexity index is 1330. The summed E-state index contributed by atoms with van der Waals surface area (Å²) >= 11 is 0. The van der Waals surface area contributed by atoms with Crippen LogP contribution >= 0.6 is 0 Å². The largest absolute Gasteiger partial charge is 0.497 e. The van der Waals surface area contributed by atoms with E-state index < -0.39 is 28.4 Å². The van der Waals surface area contributed by atoms with Gasteiger partial charge in [0.25, 0.3) is 5.91 Å². The standard InChI is InChI=1S/C32H47FN4O6S/c1-42-27-15-13-25(14-16-30(38)36-44(40,41)20-8-17-33)26(21-27)22-37-19-7-12-29(37)32-35-28(23-43-32)31(39)34-18-6-5-11-24-9-3-2-4-10-24/h13,15,21,23-24,29H,2-12,14,16-20,22H2,1H3,(H,34,39)(H,36,38)/t29-/m0/s1. The van der Waals surface area contributed by atoms with Gasteiger partial charge in [-0.1, -0.05) is 51.0 Å². The number of carbonyl (C=O) groups excluding carboxylic acids is 2. The van der Waals surface area contributed by atoms with Crippen molar-refractivity contribution in [2.24, 2.45) is 5.92 Å². The van der Waals surface area contributed by atoms with E-state index in [4.69, 9.17) is 9.15 Å². The fraction of sp³-hybridized carbons (Fsp3) is 0.656. The molecule has 1 aliphatic heterocycles. The quantitative estimate of drug-likeness (QED) is 0.226. The van der Waals surface area contributed by atoms with Crippen LogP contribution in [0.3, 0.4) is 0 Å². The number of nitrogens with zero attached hydrogens (tertiary/aromatic N) is 2. The van der Waals surface area contributed by atoms with E-state index in [-0.39, 0.29) is 30.5 Å². The molecule has 10 nitrogen and oxygen atoms in total. The van der Waals surface area contributed by atoms with Crippen LogP contribution in [0.1, 0.15) is 111 Å². The van der Waals surface area contributed by atoms with Gasteiger partial charge in [0, 0.05) is 19.5 Å². The molecular formula is C32H47FN4O6S. The third kappa shape index (κ3) is 10.3. The Morgan fingerprint density at radius 2 is 1.91 bits per heavy atom. The highest BCUT2D eigenvalue weighted by Gasteiger charge is 2.31. The molecule has 0 unspecified atom stereocenters. The van der Waals surface area contributed by atoms with Crippen molar-refractivity contribution in [2.75, 3.05) is 32.6 Å². The Labute approximate surface area is 260 Å². The summed E-state index contributed by atoms with van der Waals surface area (Å²) in [5.41, 5.74) is 2.12. The van der Waals surface area contributed by atoms with Gasteiger partial charge in [-0.25, -0.2) is 13.4 Å². The summed E-state index contributed by atoms with van der Waals surface area (Å²) in [5.74, 6) is 0.757. The van der Waals surface area contributed by atoms with Gasteiger partial charge in [0.05, 0.1) is 25.6 Å². The molecular weight excluding hydrogens is 587 g/mol. The minimum atomic E-state index is -3.86. The summed E-state index contributed by atoms with van der Waals surface area (Å²) in [6.07, 6.45) is 13.4. The van der Waals surface area contributed by atoms with Crippen molar-refractivity contribution in [3.8, 4) is 5.75 Å². The maximum atomic E-state index is 12.7. The molecule has 4 rings (SSSR count). The number of likely N-dealkylation sites (tertiary alicyclic amines) is 1. The molecule has 1 aliphatic carbocycles. The van der Waals surface area contributed by atoms with E-state index in [2.05, 4.69) is 15.2 Å². The highest BCUT2D eigenvalue weighted by atomic mass is 32.2. The number of alkyl halides is 1. The summed E-state index contributed by atoms with van der Waals surface area (Å²) in [7, 11) is -2.27. The van der Waals surface area contributed by atoms with E-state index in [1.165, 1.54) is 44.8 Å². The lowest BCUT2D eigenvalue weighted by Gasteiger charge is -2.23. The van der Waals surface area contributed by atoms with Gasteiger partial charge in [-0.15, -0.1) is 0 Å². The fourth-order valence-corrected chi connectivity index (χ4v) is 7.31. The maximum Gasteiger partial charge on any atom is 0.273 e. The Balaban J connectivity index is 1.31. The molecule has 2 fully saturated rings. The van der Waals surface area contributed by atoms with E-state index in [9.17, 15) is 22.4 Å². The number of aromatic nitrogens is 1. The molecule has 0 bridgehead atoms. The lowest BCUT2D eigenvalue weighted by Crippen LogP contribution is -2.33. The first kappa shape index (κ1) is 33.9. The van der Waals surface area contributed by atoms with Gasteiger partial charge in [0.1, 0.15) is 12.0 Å². The first-order chi connectivity index (χ1) is 21.3. The molecule has 1 aromatic heterocycles. The van der Waals surface area contributed by atoms with Crippen LogP contribution in [0.25, 0.3) is 0 Å². The first-order valence-electron chi connectivity index (χ1n) is 16.0. The number of unbranched alkanes of at least 4 members (excludes halogenated alkanes) is 1. The van der Waals surface area contributed by atoms with Gasteiger partial charge in [0.2, 0.25) is 21.8 Å². The molecule has 2 amide bonds. The van der Waals surface area contributed by atoms with Crippen LogP contribution in [0, 0.1) is 5.92 Å². The minimum Gasteiger partial charge on any atom is -0.497 e. The van der Waals surface area contributed by atoms with Crippen LogP contribution in [0.15, 0.2) is 28.9 Å². The molecule has 2 aromatic rings. The highest BCUT2D eigenvalue weighted by molar-refractivity contribution is 7.90. The molecule has 1 saturated heterocycles. The molecule has 244 valence electrons. The van der Waals surface area contributed by atoms with E-state index in [1.807, 2.05) is 22.9 Å². The maximum absolute atomic E-state index is 12.7. The van der Waals surface area contributed by atoms with Crippen molar-refractivity contribution >= 4 is 21.8 Å². The van der Waals surface area contributed by atoms with Crippen LogP contribution in [0.2, 0.25) is 0 Å². The monoisotopic (exact) mass is 634 g/mol. The Hall–Kier alpha value is -2.99. The van der Waals surface area contributed by atoms with Crippen molar-refractivity contribution < 1.29 is 31.6 Å². The average Bonchev–Trinajstić information content (AvgIpc) is 3.69. The van der Waals surface area contributed by atoms with E-state index >= 15 is 0 Å². The first-order valence-corrected chi connectivity index (χ1v) is 17.7. The summed E-state index contributed by atoms with van der Waals surface area (Å²) in [5, 5.41) is 2.98. The molecule has 44 heavy (non-hydrogen) atoms. The van der Waals surface area contributed by atoms with E-state index in [0.717, 1.165) is 49.3 Å². The number of rotatable bonds is 17. The van der Waals surface area contributed by atoms with Crippen LogP contribution in [0.5, 0.6) is 5.75 Å². The Kier molecular flexibility index (Phi) is 13.0. The lowest BCUT2D eigenvalue weighted by molar-refractivity contribution is -0.119. The number of hydrogen-bond donors (Lipinski definition) is 2. The van der Waals surface area contributed by atoms with Crippen molar-refractivity contribution in [1.29, 1.82) is 0 Å². The summed E-state index contributed by atoms with van der Waals surface area (Å²) in [6.45, 7) is 1.21. The van der Waals surface area contributed by atoms with Gasteiger partial charge in [-0.05, 0) is 67.8 Å². The van der Waals surface area contributed by atoms with Gasteiger partial charge < -0.3 is 14.5 Å². The second-order valence-electron chi connectivity index (χ2n) is 12.0. The van der Waals surface area contributed by atoms with Gasteiger partial charge in [-0.3, -0.25) is 23.6 Å². The summed E-state index contributed by atoms with van der Waals surface area (Å²) in [6, 6.07) is 5.51. The second kappa shape index (κ2) is 16.9. The zero-order chi connectivity index (χ0) is 31.4. The normalized spacial score (nSPS) is 17.9. The van der Waals surface area contributed by atoms with Crippen LogP contribution in [-0.4, -0.2) is 62.7 Å². The Morgan fingerprint density at radius 1 is 1.09 bits per heavy atom. The SMILES string of the molecule is COc1ccc(CCC(=O)NS(=O)(=O)CCCF)c(CN2CCC[C@H]2c2nc(C(=O)NCCCCC3CCCCC3)co2)c1. The number of hydrogen-bond acceptors (Lipinski definition) is 8. The van der Waals surface area contributed by atoms with Crippen molar-refractivity contribution in [1.82, 2.24) is 19.9 Å². The number of benzene rings is 1. The zero-order valence-electron chi connectivity index (χ0n) is 25.8. The van der Waals surface area contributed by atoms with Crippen LogP contribution < -0.4 is 14.8 Å². The molecule has 12 heteroatoms. The number of ether oxygens (including phenoxy) is 1. The van der Waals surface area contributed by atoms with Crippen molar-refractivity contribution in [3.63, 3.8) is 0 Å². The predicted octanol–water partition coefficient (Wildman–Crippen LogP) is 5.24. The van der Waals surface area contributed by atoms with Gasteiger partial charge in [-0.2, -0.15) is 0 Å². The topological polar surface area (TPSA) is 131 Å². The number of methoxy groups -OCH3 is 1. The average molecular weight is 635 g/mol. The number of aryl methyl sites for hydroxylation is 1. The number of nitrogens with one attached hydrogen (secondary N) is 2. The molecule has 1 atom stereocenters. The molecule has 2 heterocycles. The Morgan fingerprint density at radius 3 is 2.68 bits per heavy atom. The minimum absolute atomic E-state index is 0.0313. The molecule has 1 aromatic carbocycles. The van der Waals surface area contributed by atoms with Gasteiger partial charge >= 0.3 is 0 Å². The van der Waals surface area contributed by atoms with Crippen LogP contribution in [0.4, 0.5) is 4.39 Å². The van der Waals surface area contributed by atoms with Crippen molar-refractivity contribution in [2.45, 2.75) is 96.1 Å². The number of amides is 2. The number of sulfonamides is 1. The predicted molar refractivity (Wildman–Crippen MR) is 165 cm³/mol. The smallest absolute Gasteiger partial charge is 0.273 e. The molecule has 0 radical (unpaired) electrons. The third-order valence-corrected chi connectivity index (χ3v) is 10.0. The van der Waals surface area contributed by atoms with E-state index in [1.54, 1.807) is 7.11 Å². The second-order valence-corrected chi connectivity index (χ2v) is 13.8. The van der Waals surface area contributed by atoms with E-state index in [0.29, 0.717) is 31.2 Å². The molecule has 2 aliphatic rings. The molecule has 1 saturated carbocycles. The summed E-state index contributed by atoms with van der Waals surface area (Å²) < 4.78 is 49.6. The van der Waals surface area contributed by atoms with Crippen LogP contribution in [-0.2, 0) is 27.8 Å². The number of carbonyl (C=O) groups is 2. The highest BCUT2D eigenvalue weighted by Crippen LogP contribution is 2.34. The van der Waals surface area contributed by atoms with Crippen molar-refractivity contribution in [3.05, 3.63) is 47.2 Å². The molecule has 0 spiro atoms. The number of oxazole rings is 1. The number of halogens is 1. The third-order valence-electron chi connectivity index (χ3n) is 8.68. The summed E-state index contributed by atoms with van der Waals surface area (Å²) in [4.78, 5) is 31.9. The lowest BCUT2D eigenvalue weighted by atomic mass is 9.86. The molecule has 2 N–H and O–H groups in total.